The van der Waals surface area contributed by atoms with Crippen LogP contribution in [0.3, 0.4) is 0 Å². The second kappa shape index (κ2) is 7.01. The van der Waals surface area contributed by atoms with E-state index < -0.39 is 0 Å². The number of imidazole rings is 1. The standard InChI is InChI=1S/C15H10Cl3N3OS/c16-9-5-11(17)14(12(18)6-9)20-13(22)8-23-15-19-7-10-3-1-2-4-21(10)15/h1-7H,8H2,(H,20,22). The van der Waals surface area contributed by atoms with Crippen LogP contribution in [0.2, 0.25) is 15.1 Å². The average Bonchev–Trinajstić information content (AvgIpc) is 2.92. The summed E-state index contributed by atoms with van der Waals surface area (Å²) in [5.74, 6) is -0.0441. The van der Waals surface area contributed by atoms with Crippen LogP contribution in [0.25, 0.3) is 5.52 Å². The maximum absolute atomic E-state index is 12.1. The molecule has 23 heavy (non-hydrogen) atoms. The fraction of sp³-hybridized carbons (Fsp3) is 0.0667. The van der Waals surface area contributed by atoms with Crippen LogP contribution in [0.15, 0.2) is 47.9 Å². The maximum Gasteiger partial charge on any atom is 0.234 e. The zero-order chi connectivity index (χ0) is 16.4. The number of aromatic nitrogens is 2. The first-order valence-electron chi connectivity index (χ1n) is 6.54. The van der Waals surface area contributed by atoms with Crippen LogP contribution in [-0.2, 0) is 4.79 Å². The number of carbonyl (C=O) groups excluding carboxylic acids is 1. The molecule has 1 aromatic carbocycles. The van der Waals surface area contributed by atoms with Gasteiger partial charge < -0.3 is 5.32 Å². The summed E-state index contributed by atoms with van der Waals surface area (Å²) >= 11 is 19.3. The molecule has 3 rings (SSSR count). The molecule has 0 spiro atoms. The van der Waals surface area contributed by atoms with E-state index in [0.717, 1.165) is 10.7 Å². The molecular formula is C15H10Cl3N3OS. The number of thioether (sulfide) groups is 1. The van der Waals surface area contributed by atoms with Crippen molar-refractivity contribution in [1.29, 1.82) is 0 Å². The van der Waals surface area contributed by atoms with Gasteiger partial charge in [-0.3, -0.25) is 9.20 Å². The number of fused-ring (bicyclic) bond motifs is 1. The Balaban J connectivity index is 1.69. The van der Waals surface area contributed by atoms with Crippen LogP contribution in [0, 0.1) is 0 Å². The Morgan fingerprint density at radius 1 is 1.22 bits per heavy atom. The third kappa shape index (κ3) is 3.75. The molecule has 3 aromatic rings. The molecule has 0 aliphatic rings. The monoisotopic (exact) mass is 385 g/mol. The molecule has 0 atom stereocenters. The number of rotatable bonds is 4. The predicted molar refractivity (Wildman–Crippen MR) is 96.0 cm³/mol. The van der Waals surface area contributed by atoms with Gasteiger partial charge in [-0.05, 0) is 24.3 Å². The van der Waals surface area contributed by atoms with Crippen molar-refractivity contribution in [1.82, 2.24) is 9.38 Å². The van der Waals surface area contributed by atoms with E-state index in [2.05, 4.69) is 10.3 Å². The minimum absolute atomic E-state index is 0.184. The third-order valence-corrected chi connectivity index (χ3v) is 4.79. The van der Waals surface area contributed by atoms with Crippen LogP contribution < -0.4 is 5.32 Å². The van der Waals surface area contributed by atoms with Gasteiger partial charge in [-0.2, -0.15) is 0 Å². The number of nitrogens with zero attached hydrogens (tertiary/aromatic N) is 2. The molecule has 0 saturated heterocycles. The van der Waals surface area contributed by atoms with Gasteiger partial charge in [-0.25, -0.2) is 4.98 Å². The molecule has 0 bridgehead atoms. The molecular weight excluding hydrogens is 377 g/mol. The zero-order valence-corrected chi connectivity index (χ0v) is 14.7. The van der Waals surface area contributed by atoms with E-state index in [9.17, 15) is 4.79 Å². The summed E-state index contributed by atoms with van der Waals surface area (Å²) in [7, 11) is 0. The Morgan fingerprint density at radius 2 is 1.96 bits per heavy atom. The first-order valence-corrected chi connectivity index (χ1v) is 8.66. The molecule has 0 unspecified atom stereocenters. The Hall–Kier alpha value is -1.40. The number of nitrogens with one attached hydrogen (secondary N) is 1. The quantitative estimate of drug-likeness (QED) is 0.640. The molecule has 0 radical (unpaired) electrons. The molecule has 118 valence electrons. The molecule has 4 nitrogen and oxygen atoms in total. The van der Waals surface area contributed by atoms with Crippen molar-refractivity contribution in [2.45, 2.75) is 5.16 Å². The lowest BCUT2D eigenvalue weighted by Crippen LogP contribution is -2.15. The maximum atomic E-state index is 12.1. The number of hydrogen-bond donors (Lipinski definition) is 1. The van der Waals surface area contributed by atoms with Crippen LogP contribution in [0.5, 0.6) is 0 Å². The summed E-state index contributed by atoms with van der Waals surface area (Å²) < 4.78 is 1.92. The van der Waals surface area contributed by atoms with Crippen molar-refractivity contribution in [3.05, 3.63) is 57.8 Å². The zero-order valence-electron chi connectivity index (χ0n) is 11.6. The number of benzene rings is 1. The SMILES string of the molecule is O=C(CSc1ncc2ccccn12)Nc1c(Cl)cc(Cl)cc1Cl. The molecule has 0 aliphatic heterocycles. The molecule has 2 aromatic heterocycles. The third-order valence-electron chi connectivity index (χ3n) is 3.01. The van der Waals surface area contributed by atoms with Gasteiger partial charge in [-0.1, -0.05) is 52.6 Å². The number of amides is 1. The highest BCUT2D eigenvalue weighted by Gasteiger charge is 2.13. The van der Waals surface area contributed by atoms with E-state index in [-0.39, 0.29) is 11.7 Å². The van der Waals surface area contributed by atoms with Gasteiger partial charge in [0.05, 0.1) is 33.2 Å². The lowest BCUT2D eigenvalue weighted by molar-refractivity contribution is -0.113. The van der Waals surface area contributed by atoms with E-state index in [1.165, 1.54) is 23.9 Å². The fourth-order valence-corrected chi connectivity index (χ4v) is 3.67. The topological polar surface area (TPSA) is 46.4 Å². The van der Waals surface area contributed by atoms with Crippen molar-refractivity contribution in [2.75, 3.05) is 11.1 Å². The van der Waals surface area contributed by atoms with Gasteiger partial charge in [0, 0.05) is 11.2 Å². The van der Waals surface area contributed by atoms with Gasteiger partial charge >= 0.3 is 0 Å². The number of pyridine rings is 1. The summed E-state index contributed by atoms with van der Waals surface area (Å²) in [4.78, 5) is 16.4. The van der Waals surface area contributed by atoms with E-state index >= 15 is 0 Å². The van der Waals surface area contributed by atoms with Crippen molar-refractivity contribution < 1.29 is 4.79 Å². The molecule has 1 N–H and O–H groups in total. The summed E-state index contributed by atoms with van der Waals surface area (Å²) in [5, 5.41) is 4.45. The van der Waals surface area contributed by atoms with E-state index in [1.54, 1.807) is 6.20 Å². The second-order valence-corrected chi connectivity index (χ2v) is 6.81. The van der Waals surface area contributed by atoms with E-state index in [1.807, 2.05) is 28.8 Å². The van der Waals surface area contributed by atoms with Gasteiger partial charge in [0.25, 0.3) is 0 Å². The van der Waals surface area contributed by atoms with Crippen molar-refractivity contribution in [3.8, 4) is 0 Å². The minimum Gasteiger partial charge on any atom is -0.323 e. The largest absolute Gasteiger partial charge is 0.323 e. The van der Waals surface area contributed by atoms with Crippen molar-refractivity contribution >= 4 is 63.7 Å². The number of carbonyl (C=O) groups is 1. The van der Waals surface area contributed by atoms with Crippen molar-refractivity contribution in [3.63, 3.8) is 0 Å². The van der Waals surface area contributed by atoms with Gasteiger partial charge in [-0.15, -0.1) is 0 Å². The minimum atomic E-state index is -0.228. The summed E-state index contributed by atoms with van der Waals surface area (Å²) in [5.41, 5.74) is 1.33. The highest BCUT2D eigenvalue weighted by atomic mass is 35.5. The fourth-order valence-electron chi connectivity index (χ4n) is 1.99. The smallest absolute Gasteiger partial charge is 0.234 e. The summed E-state index contributed by atoms with van der Waals surface area (Å²) in [6, 6.07) is 8.85. The van der Waals surface area contributed by atoms with Crippen LogP contribution in [0.1, 0.15) is 0 Å². The Bertz CT molecular complexity index is 858. The first kappa shape index (κ1) is 16.5. The Labute approximate surface area is 151 Å². The number of hydrogen-bond acceptors (Lipinski definition) is 3. The van der Waals surface area contributed by atoms with E-state index in [4.69, 9.17) is 34.8 Å². The Kier molecular flexibility index (Phi) is 5.02. The molecule has 8 heteroatoms. The lowest BCUT2D eigenvalue weighted by Gasteiger charge is -2.09. The van der Waals surface area contributed by atoms with Crippen molar-refractivity contribution in [2.24, 2.45) is 0 Å². The second-order valence-electron chi connectivity index (χ2n) is 4.62. The molecule has 1 amide bonds. The van der Waals surface area contributed by atoms with E-state index in [0.29, 0.717) is 20.8 Å². The van der Waals surface area contributed by atoms with Gasteiger partial charge in [0.15, 0.2) is 5.16 Å². The average molecular weight is 387 g/mol. The van der Waals surface area contributed by atoms with Crippen LogP contribution >= 0.6 is 46.6 Å². The van der Waals surface area contributed by atoms with Crippen LogP contribution in [-0.4, -0.2) is 21.0 Å². The lowest BCUT2D eigenvalue weighted by atomic mass is 10.3. The normalized spacial score (nSPS) is 10.9. The highest BCUT2D eigenvalue weighted by Crippen LogP contribution is 2.33. The molecule has 2 heterocycles. The van der Waals surface area contributed by atoms with Gasteiger partial charge in [0.2, 0.25) is 5.91 Å². The Morgan fingerprint density at radius 3 is 2.70 bits per heavy atom. The molecule has 0 saturated carbocycles. The van der Waals surface area contributed by atoms with Gasteiger partial charge in [0.1, 0.15) is 0 Å². The summed E-state index contributed by atoms with van der Waals surface area (Å²) in [6.07, 6.45) is 3.66. The highest BCUT2D eigenvalue weighted by molar-refractivity contribution is 7.99. The first-order chi connectivity index (χ1) is 11.0. The summed E-state index contributed by atoms with van der Waals surface area (Å²) in [6.45, 7) is 0. The van der Waals surface area contributed by atoms with Crippen LogP contribution in [0.4, 0.5) is 5.69 Å². The predicted octanol–water partition coefficient (Wildman–Crippen LogP) is 5.03. The number of anilines is 1. The molecule has 0 aliphatic carbocycles. The number of halogens is 3. The molecule has 0 fully saturated rings.